The molecular formula is C10H11NO3. The average Bonchev–Trinajstić information content (AvgIpc) is 2.75. The Morgan fingerprint density at radius 1 is 1.50 bits per heavy atom. The summed E-state index contributed by atoms with van der Waals surface area (Å²) in [5, 5.41) is 9.98. The Hall–Kier alpha value is -1.29. The van der Waals surface area contributed by atoms with Gasteiger partial charge in [-0.25, -0.2) is 0 Å². The molecule has 0 spiro atoms. The molecule has 1 amide bonds. The van der Waals surface area contributed by atoms with Crippen LogP contribution in [0.5, 0.6) is 0 Å². The second kappa shape index (κ2) is 2.60. The molecule has 14 heavy (non-hydrogen) atoms. The lowest BCUT2D eigenvalue weighted by Crippen LogP contribution is -2.40. The molecule has 0 bridgehead atoms. The third-order valence-electron chi connectivity index (χ3n) is 3.17. The van der Waals surface area contributed by atoms with Crippen molar-refractivity contribution < 1.29 is 14.3 Å². The fraction of sp³-hybridized carbons (Fsp3) is 0.500. The predicted molar refractivity (Wildman–Crippen MR) is 47.2 cm³/mol. The van der Waals surface area contributed by atoms with E-state index in [4.69, 9.17) is 4.42 Å². The van der Waals surface area contributed by atoms with Crippen molar-refractivity contribution in [1.82, 2.24) is 4.90 Å². The molecule has 2 atom stereocenters. The monoisotopic (exact) mass is 193 g/mol. The summed E-state index contributed by atoms with van der Waals surface area (Å²) >= 11 is 0. The zero-order valence-electron chi connectivity index (χ0n) is 7.64. The fourth-order valence-electron chi connectivity index (χ4n) is 2.40. The molecule has 3 heterocycles. The van der Waals surface area contributed by atoms with E-state index in [-0.39, 0.29) is 11.9 Å². The Morgan fingerprint density at radius 2 is 2.36 bits per heavy atom. The van der Waals surface area contributed by atoms with Crippen molar-refractivity contribution >= 4 is 5.91 Å². The van der Waals surface area contributed by atoms with Gasteiger partial charge < -0.3 is 14.4 Å². The minimum Gasteiger partial charge on any atom is -0.472 e. The number of hydrogen-bond donors (Lipinski definition) is 1. The SMILES string of the molecule is O=C1CCC2C(O)c3cocc3CN12. The maximum Gasteiger partial charge on any atom is 0.223 e. The predicted octanol–water partition coefficient (Wildman–Crippen LogP) is 0.818. The standard InChI is InChI=1S/C10H11NO3/c12-9-2-1-8-10(13)7-5-14-4-6(7)3-11(8)9/h4-5,8,10,13H,1-3H2. The molecule has 2 aliphatic rings. The van der Waals surface area contributed by atoms with E-state index in [0.717, 1.165) is 17.5 Å². The van der Waals surface area contributed by atoms with Crippen LogP contribution in [0.15, 0.2) is 16.9 Å². The van der Waals surface area contributed by atoms with Gasteiger partial charge in [0.2, 0.25) is 5.91 Å². The number of aliphatic hydroxyl groups is 1. The molecule has 2 unspecified atom stereocenters. The molecular weight excluding hydrogens is 182 g/mol. The van der Waals surface area contributed by atoms with E-state index in [1.165, 1.54) is 0 Å². The lowest BCUT2D eigenvalue weighted by Gasteiger charge is -2.33. The number of fused-ring (bicyclic) bond motifs is 2. The Balaban J connectivity index is 2.04. The Bertz CT molecular complexity index is 384. The molecule has 1 aromatic rings. The molecule has 1 N–H and O–H groups in total. The van der Waals surface area contributed by atoms with E-state index in [0.29, 0.717) is 13.0 Å². The molecule has 74 valence electrons. The van der Waals surface area contributed by atoms with Crippen LogP contribution in [-0.2, 0) is 11.3 Å². The molecule has 0 aliphatic carbocycles. The molecule has 2 aliphatic heterocycles. The van der Waals surface area contributed by atoms with Crippen molar-refractivity contribution in [1.29, 1.82) is 0 Å². The van der Waals surface area contributed by atoms with Crippen LogP contribution in [0.2, 0.25) is 0 Å². The summed E-state index contributed by atoms with van der Waals surface area (Å²) in [7, 11) is 0. The average molecular weight is 193 g/mol. The van der Waals surface area contributed by atoms with Gasteiger partial charge in [0.05, 0.1) is 18.6 Å². The largest absolute Gasteiger partial charge is 0.472 e. The van der Waals surface area contributed by atoms with Crippen molar-refractivity contribution in [2.45, 2.75) is 31.5 Å². The highest BCUT2D eigenvalue weighted by Crippen LogP contribution is 2.38. The number of rotatable bonds is 0. The summed E-state index contributed by atoms with van der Waals surface area (Å²) in [6, 6.07) is -0.0346. The van der Waals surface area contributed by atoms with Crippen LogP contribution < -0.4 is 0 Å². The summed E-state index contributed by atoms with van der Waals surface area (Å²) < 4.78 is 5.04. The van der Waals surface area contributed by atoms with Gasteiger partial charge in [-0.3, -0.25) is 4.79 Å². The highest BCUT2D eigenvalue weighted by atomic mass is 16.3. The second-order valence-electron chi connectivity index (χ2n) is 3.92. The highest BCUT2D eigenvalue weighted by molar-refractivity contribution is 5.79. The van der Waals surface area contributed by atoms with Gasteiger partial charge in [0.25, 0.3) is 0 Å². The number of furan rings is 1. The van der Waals surface area contributed by atoms with Crippen LogP contribution in [0.1, 0.15) is 30.1 Å². The van der Waals surface area contributed by atoms with Crippen LogP contribution in [0.25, 0.3) is 0 Å². The van der Waals surface area contributed by atoms with Gasteiger partial charge in [0.15, 0.2) is 0 Å². The van der Waals surface area contributed by atoms with E-state index in [1.807, 2.05) is 0 Å². The summed E-state index contributed by atoms with van der Waals surface area (Å²) in [6.07, 6.45) is 3.94. The van der Waals surface area contributed by atoms with Crippen molar-refractivity contribution in [3.05, 3.63) is 23.7 Å². The first kappa shape index (κ1) is 8.05. The minimum atomic E-state index is -0.566. The van der Waals surface area contributed by atoms with E-state index < -0.39 is 6.10 Å². The van der Waals surface area contributed by atoms with Crippen molar-refractivity contribution in [3.8, 4) is 0 Å². The van der Waals surface area contributed by atoms with Gasteiger partial charge in [-0.2, -0.15) is 0 Å². The first-order chi connectivity index (χ1) is 6.77. The molecule has 0 radical (unpaired) electrons. The van der Waals surface area contributed by atoms with Gasteiger partial charge in [0, 0.05) is 24.1 Å². The molecule has 0 saturated carbocycles. The van der Waals surface area contributed by atoms with Crippen LogP contribution in [0.3, 0.4) is 0 Å². The van der Waals surface area contributed by atoms with Crippen LogP contribution in [0.4, 0.5) is 0 Å². The molecule has 1 fully saturated rings. The molecule has 1 saturated heterocycles. The second-order valence-corrected chi connectivity index (χ2v) is 3.92. The lowest BCUT2D eigenvalue weighted by molar-refractivity contribution is -0.131. The molecule has 4 heteroatoms. The Morgan fingerprint density at radius 3 is 3.21 bits per heavy atom. The van der Waals surface area contributed by atoms with Gasteiger partial charge in [0.1, 0.15) is 6.10 Å². The fourth-order valence-corrected chi connectivity index (χ4v) is 2.40. The number of carbonyl (C=O) groups is 1. The van der Waals surface area contributed by atoms with E-state index >= 15 is 0 Å². The van der Waals surface area contributed by atoms with Crippen LogP contribution in [0, 0.1) is 0 Å². The minimum absolute atomic E-state index is 0.0346. The number of amides is 1. The molecule has 3 rings (SSSR count). The van der Waals surface area contributed by atoms with E-state index in [9.17, 15) is 9.90 Å². The number of carbonyl (C=O) groups excluding carboxylic acids is 1. The first-order valence-electron chi connectivity index (χ1n) is 4.80. The smallest absolute Gasteiger partial charge is 0.223 e. The maximum absolute atomic E-state index is 11.5. The Labute approximate surface area is 81.1 Å². The van der Waals surface area contributed by atoms with Crippen molar-refractivity contribution in [3.63, 3.8) is 0 Å². The van der Waals surface area contributed by atoms with Gasteiger partial charge in [-0.15, -0.1) is 0 Å². The summed E-state index contributed by atoms with van der Waals surface area (Å²) in [6.45, 7) is 0.590. The van der Waals surface area contributed by atoms with E-state index in [1.54, 1.807) is 17.4 Å². The van der Waals surface area contributed by atoms with Gasteiger partial charge in [-0.05, 0) is 6.42 Å². The number of nitrogens with zero attached hydrogens (tertiary/aromatic N) is 1. The number of aliphatic hydroxyl groups excluding tert-OH is 1. The normalized spacial score (nSPS) is 30.4. The van der Waals surface area contributed by atoms with Crippen LogP contribution in [-0.4, -0.2) is 22.0 Å². The first-order valence-corrected chi connectivity index (χ1v) is 4.80. The lowest BCUT2D eigenvalue weighted by atomic mass is 9.95. The van der Waals surface area contributed by atoms with Gasteiger partial charge >= 0.3 is 0 Å². The van der Waals surface area contributed by atoms with E-state index in [2.05, 4.69) is 0 Å². The third kappa shape index (κ3) is 0.889. The topological polar surface area (TPSA) is 53.7 Å². The molecule has 0 aromatic carbocycles. The van der Waals surface area contributed by atoms with Crippen LogP contribution >= 0.6 is 0 Å². The molecule has 1 aromatic heterocycles. The van der Waals surface area contributed by atoms with Gasteiger partial charge in [-0.1, -0.05) is 0 Å². The third-order valence-corrected chi connectivity index (χ3v) is 3.17. The Kier molecular flexibility index (Phi) is 1.50. The summed E-state index contributed by atoms with van der Waals surface area (Å²) in [5.74, 6) is 0.140. The van der Waals surface area contributed by atoms with Crippen molar-refractivity contribution in [2.24, 2.45) is 0 Å². The summed E-state index contributed by atoms with van der Waals surface area (Å²) in [5.41, 5.74) is 1.78. The number of hydrogen-bond acceptors (Lipinski definition) is 3. The quantitative estimate of drug-likeness (QED) is 0.663. The zero-order chi connectivity index (χ0) is 9.71. The zero-order valence-corrected chi connectivity index (χ0v) is 7.64. The molecule has 4 nitrogen and oxygen atoms in total. The summed E-state index contributed by atoms with van der Waals surface area (Å²) in [4.78, 5) is 13.2. The van der Waals surface area contributed by atoms with Crippen molar-refractivity contribution in [2.75, 3.05) is 0 Å². The highest BCUT2D eigenvalue weighted by Gasteiger charge is 2.41. The maximum atomic E-state index is 11.5.